The Morgan fingerprint density at radius 1 is 0.871 bits per heavy atom. The van der Waals surface area contributed by atoms with Crippen molar-refractivity contribution in [3.05, 3.63) is 83.9 Å². The number of rotatable bonds is 10. The molecule has 0 heterocycles. The van der Waals surface area contributed by atoms with E-state index in [1.807, 2.05) is 37.3 Å². The van der Waals surface area contributed by atoms with E-state index in [1.165, 1.54) is 5.56 Å². The van der Waals surface area contributed by atoms with Gasteiger partial charge in [-0.15, -0.1) is 0 Å². The fraction of sp³-hybridized carbons (Fsp3) is 0.269. The second kappa shape index (κ2) is 11.2. The molecule has 5 heteroatoms. The fourth-order valence-electron chi connectivity index (χ4n) is 3.30. The maximum absolute atomic E-state index is 12.3. The van der Waals surface area contributed by atoms with E-state index in [-0.39, 0.29) is 12.5 Å². The average molecular weight is 419 g/mol. The van der Waals surface area contributed by atoms with E-state index >= 15 is 0 Å². The van der Waals surface area contributed by atoms with Gasteiger partial charge in [0.2, 0.25) is 0 Å². The van der Waals surface area contributed by atoms with Crippen molar-refractivity contribution in [1.82, 2.24) is 10.2 Å². The van der Waals surface area contributed by atoms with Crippen molar-refractivity contribution < 1.29 is 14.3 Å². The first kappa shape index (κ1) is 22.4. The number of nitrogens with zero attached hydrogens (tertiary/aromatic N) is 1. The predicted octanol–water partition coefficient (Wildman–Crippen LogP) is 4.51. The Labute approximate surface area is 184 Å². The van der Waals surface area contributed by atoms with Gasteiger partial charge in [0.1, 0.15) is 11.5 Å². The van der Waals surface area contributed by atoms with Crippen LogP contribution in [0.15, 0.2) is 72.8 Å². The van der Waals surface area contributed by atoms with Crippen LogP contribution in [0, 0.1) is 0 Å². The number of hydrogen-bond donors (Lipinski definition) is 1. The lowest BCUT2D eigenvalue weighted by Gasteiger charge is -2.13. The fourth-order valence-corrected chi connectivity index (χ4v) is 3.30. The first-order chi connectivity index (χ1) is 15.0. The molecule has 0 saturated carbocycles. The lowest BCUT2D eigenvalue weighted by atomic mass is 9.98. The molecule has 0 radical (unpaired) electrons. The van der Waals surface area contributed by atoms with Crippen LogP contribution in [0.25, 0.3) is 11.1 Å². The molecule has 0 aromatic heterocycles. The van der Waals surface area contributed by atoms with Gasteiger partial charge in [-0.3, -0.25) is 4.79 Å². The number of ether oxygens (including phenoxy) is 2. The summed E-state index contributed by atoms with van der Waals surface area (Å²) in [5.41, 5.74) is 4.59. The minimum absolute atomic E-state index is 0.0324. The zero-order chi connectivity index (χ0) is 22.1. The third-order valence-corrected chi connectivity index (χ3v) is 4.76. The molecule has 3 aromatic rings. The molecule has 0 aliphatic carbocycles. The van der Waals surface area contributed by atoms with Crippen LogP contribution in [0.5, 0.6) is 11.5 Å². The maximum atomic E-state index is 12.3. The van der Waals surface area contributed by atoms with Gasteiger partial charge in [0, 0.05) is 13.1 Å². The summed E-state index contributed by atoms with van der Waals surface area (Å²) in [7, 11) is 4.12. The van der Waals surface area contributed by atoms with E-state index in [0.29, 0.717) is 18.9 Å². The Balaban J connectivity index is 1.56. The number of hydrogen-bond acceptors (Lipinski definition) is 4. The maximum Gasteiger partial charge on any atom is 0.258 e. The van der Waals surface area contributed by atoms with E-state index in [9.17, 15) is 4.79 Å². The van der Waals surface area contributed by atoms with Crippen molar-refractivity contribution in [2.75, 3.05) is 27.3 Å². The Morgan fingerprint density at radius 3 is 2.16 bits per heavy atom. The van der Waals surface area contributed by atoms with Crippen molar-refractivity contribution in [2.24, 2.45) is 0 Å². The molecular weight excluding hydrogens is 388 g/mol. The lowest BCUT2D eigenvalue weighted by Crippen LogP contribution is -2.28. The van der Waals surface area contributed by atoms with Crippen molar-refractivity contribution in [1.29, 1.82) is 0 Å². The summed E-state index contributed by atoms with van der Waals surface area (Å²) in [5, 5.41) is 2.95. The molecule has 0 bridgehead atoms. The molecule has 0 saturated heterocycles. The Morgan fingerprint density at radius 2 is 1.52 bits per heavy atom. The molecule has 0 fully saturated rings. The van der Waals surface area contributed by atoms with Crippen LogP contribution in [-0.4, -0.2) is 38.1 Å². The quantitative estimate of drug-likeness (QED) is 0.526. The first-order valence-electron chi connectivity index (χ1n) is 10.5. The van der Waals surface area contributed by atoms with Gasteiger partial charge in [0.15, 0.2) is 6.61 Å². The second-order valence-electron chi connectivity index (χ2n) is 7.56. The number of nitrogens with one attached hydrogen (secondary N) is 1. The van der Waals surface area contributed by atoms with E-state index < -0.39 is 0 Å². The molecule has 31 heavy (non-hydrogen) atoms. The highest BCUT2D eigenvalue weighted by Gasteiger charge is 2.08. The third-order valence-electron chi connectivity index (χ3n) is 4.76. The summed E-state index contributed by atoms with van der Waals surface area (Å²) in [5.74, 6) is 1.26. The Hall–Kier alpha value is -3.31. The van der Waals surface area contributed by atoms with Gasteiger partial charge in [0.25, 0.3) is 5.91 Å². The topological polar surface area (TPSA) is 50.8 Å². The van der Waals surface area contributed by atoms with Gasteiger partial charge in [-0.25, -0.2) is 0 Å². The van der Waals surface area contributed by atoms with Gasteiger partial charge in [-0.05, 0) is 67.5 Å². The van der Waals surface area contributed by atoms with Crippen molar-refractivity contribution in [3.63, 3.8) is 0 Å². The molecule has 3 rings (SSSR count). The van der Waals surface area contributed by atoms with E-state index in [0.717, 1.165) is 29.0 Å². The number of benzene rings is 3. The van der Waals surface area contributed by atoms with Gasteiger partial charge >= 0.3 is 0 Å². The first-order valence-corrected chi connectivity index (χ1v) is 10.5. The molecule has 1 N–H and O–H groups in total. The molecule has 0 unspecified atom stereocenters. The number of carbonyl (C=O) groups excluding carboxylic acids is 1. The van der Waals surface area contributed by atoms with Gasteiger partial charge in [-0.2, -0.15) is 0 Å². The molecule has 0 aliphatic rings. The summed E-state index contributed by atoms with van der Waals surface area (Å²) < 4.78 is 11.0. The monoisotopic (exact) mass is 418 g/mol. The van der Waals surface area contributed by atoms with E-state index in [4.69, 9.17) is 9.47 Å². The molecular formula is C26H30N2O3. The summed E-state index contributed by atoms with van der Waals surface area (Å²) in [6, 6.07) is 23.9. The minimum Gasteiger partial charge on any atom is -0.494 e. The van der Waals surface area contributed by atoms with Crippen LogP contribution in [0.1, 0.15) is 18.1 Å². The number of carbonyl (C=O) groups is 1. The van der Waals surface area contributed by atoms with Gasteiger partial charge in [0.05, 0.1) is 6.61 Å². The summed E-state index contributed by atoms with van der Waals surface area (Å²) in [6.07, 6.45) is 0. The van der Waals surface area contributed by atoms with Crippen molar-refractivity contribution in [3.8, 4) is 22.6 Å². The largest absolute Gasteiger partial charge is 0.494 e. The zero-order valence-electron chi connectivity index (χ0n) is 18.4. The summed E-state index contributed by atoms with van der Waals surface area (Å²) in [4.78, 5) is 14.4. The lowest BCUT2D eigenvalue weighted by molar-refractivity contribution is -0.123. The van der Waals surface area contributed by atoms with Crippen LogP contribution in [-0.2, 0) is 17.9 Å². The summed E-state index contributed by atoms with van der Waals surface area (Å²) >= 11 is 0. The Kier molecular flexibility index (Phi) is 8.07. The highest BCUT2D eigenvalue weighted by molar-refractivity contribution is 5.78. The molecule has 5 nitrogen and oxygen atoms in total. The normalized spacial score (nSPS) is 10.7. The van der Waals surface area contributed by atoms with Crippen LogP contribution in [0.4, 0.5) is 0 Å². The van der Waals surface area contributed by atoms with Crippen molar-refractivity contribution in [2.45, 2.75) is 20.0 Å². The van der Waals surface area contributed by atoms with E-state index in [2.05, 4.69) is 54.6 Å². The second-order valence-corrected chi connectivity index (χ2v) is 7.56. The molecule has 1 amide bonds. The highest BCUT2D eigenvalue weighted by atomic mass is 16.5. The zero-order valence-corrected chi connectivity index (χ0v) is 18.4. The Bertz CT molecular complexity index is 967. The molecule has 0 aliphatic heterocycles. The molecule has 0 atom stereocenters. The van der Waals surface area contributed by atoms with Crippen LogP contribution in [0.3, 0.4) is 0 Å². The molecule has 3 aromatic carbocycles. The van der Waals surface area contributed by atoms with Crippen LogP contribution >= 0.6 is 0 Å². The van der Waals surface area contributed by atoms with Crippen LogP contribution in [0.2, 0.25) is 0 Å². The standard InChI is InChI=1S/C26H30N2O3/c1-4-30-23-13-15-24(16-14-23)31-19-26(29)27-17-22-7-5-6-8-25(22)21-11-9-20(10-12-21)18-28(2)3/h5-16H,4,17-19H2,1-3H3,(H,27,29). The summed E-state index contributed by atoms with van der Waals surface area (Å²) in [6.45, 7) is 3.88. The highest BCUT2D eigenvalue weighted by Crippen LogP contribution is 2.24. The SMILES string of the molecule is CCOc1ccc(OCC(=O)NCc2ccccc2-c2ccc(CN(C)C)cc2)cc1. The average Bonchev–Trinajstić information content (AvgIpc) is 2.78. The number of amides is 1. The van der Waals surface area contributed by atoms with Gasteiger partial charge in [-0.1, -0.05) is 48.5 Å². The third kappa shape index (κ3) is 6.86. The van der Waals surface area contributed by atoms with Crippen molar-refractivity contribution >= 4 is 5.91 Å². The van der Waals surface area contributed by atoms with E-state index in [1.54, 1.807) is 12.1 Å². The van der Waals surface area contributed by atoms with Gasteiger partial charge < -0.3 is 19.7 Å². The predicted molar refractivity (Wildman–Crippen MR) is 124 cm³/mol. The smallest absolute Gasteiger partial charge is 0.258 e. The van der Waals surface area contributed by atoms with Crippen LogP contribution < -0.4 is 14.8 Å². The molecule has 162 valence electrons. The molecule has 0 spiro atoms. The minimum atomic E-state index is -0.162.